The lowest BCUT2D eigenvalue weighted by Crippen LogP contribution is -2.43. The molecule has 0 bridgehead atoms. The van der Waals surface area contributed by atoms with Crippen LogP contribution in [-0.2, 0) is 0 Å². The maximum Gasteiger partial charge on any atom is 0.186 e. The van der Waals surface area contributed by atoms with E-state index in [9.17, 15) is 4.39 Å². The Hall–Kier alpha value is -2.38. The van der Waals surface area contributed by atoms with Gasteiger partial charge >= 0.3 is 0 Å². The van der Waals surface area contributed by atoms with Crippen LogP contribution in [0.1, 0.15) is 24.3 Å². The number of benzene rings is 1. The van der Waals surface area contributed by atoms with Crippen molar-refractivity contribution in [3.05, 3.63) is 48.2 Å². The van der Waals surface area contributed by atoms with Gasteiger partial charge in [-0.05, 0) is 30.9 Å². The quantitative estimate of drug-likeness (QED) is 0.747. The predicted molar refractivity (Wildman–Crippen MR) is 106 cm³/mol. The molecule has 0 spiro atoms. The van der Waals surface area contributed by atoms with Crippen molar-refractivity contribution in [2.45, 2.75) is 18.8 Å². The molecule has 7 heteroatoms. The topological polar surface area (TPSA) is 53.9 Å². The smallest absolute Gasteiger partial charge is 0.186 e. The van der Waals surface area contributed by atoms with Crippen LogP contribution in [0.4, 0.5) is 9.52 Å². The van der Waals surface area contributed by atoms with Gasteiger partial charge in [0, 0.05) is 43.5 Å². The normalized spacial score (nSPS) is 17.3. The Balaban J connectivity index is 1.65. The Morgan fingerprint density at radius 1 is 1.15 bits per heavy atom. The maximum atomic E-state index is 13.9. The second-order valence-electron chi connectivity index (χ2n) is 7.02. The SMILES string of the molecule is Fc1cccc(-c2nc(N3CCNCC3)sc2-c2ncncc2C2CC2)c1. The summed E-state index contributed by atoms with van der Waals surface area (Å²) in [6, 6.07) is 6.67. The minimum Gasteiger partial charge on any atom is -0.346 e. The number of rotatable bonds is 4. The molecule has 1 aliphatic heterocycles. The second-order valence-corrected chi connectivity index (χ2v) is 8.00. The van der Waals surface area contributed by atoms with Gasteiger partial charge in [-0.2, -0.15) is 0 Å². The van der Waals surface area contributed by atoms with Gasteiger partial charge in [-0.25, -0.2) is 19.3 Å². The van der Waals surface area contributed by atoms with Crippen LogP contribution in [-0.4, -0.2) is 41.1 Å². The van der Waals surface area contributed by atoms with E-state index in [0.29, 0.717) is 5.92 Å². The van der Waals surface area contributed by atoms with Gasteiger partial charge in [0.05, 0.1) is 16.3 Å². The van der Waals surface area contributed by atoms with Crippen molar-refractivity contribution in [2.75, 3.05) is 31.1 Å². The molecule has 2 aromatic heterocycles. The fourth-order valence-electron chi connectivity index (χ4n) is 3.52. The molecule has 0 amide bonds. The van der Waals surface area contributed by atoms with Gasteiger partial charge in [-0.15, -0.1) is 0 Å². The van der Waals surface area contributed by atoms with Crippen LogP contribution >= 0.6 is 11.3 Å². The van der Waals surface area contributed by atoms with Gasteiger partial charge in [-0.3, -0.25) is 0 Å². The number of hydrogen-bond acceptors (Lipinski definition) is 6. The lowest BCUT2D eigenvalue weighted by molar-refractivity contribution is 0.588. The molecule has 0 unspecified atom stereocenters. The molecular weight excluding hydrogens is 361 g/mol. The zero-order chi connectivity index (χ0) is 18.2. The second kappa shape index (κ2) is 6.98. The van der Waals surface area contributed by atoms with Gasteiger partial charge in [0.15, 0.2) is 5.13 Å². The summed E-state index contributed by atoms with van der Waals surface area (Å²) < 4.78 is 13.9. The minimum atomic E-state index is -0.250. The monoisotopic (exact) mass is 381 g/mol. The van der Waals surface area contributed by atoms with E-state index in [0.717, 1.165) is 53.1 Å². The Bertz CT molecular complexity index is 963. The van der Waals surface area contributed by atoms with E-state index in [1.54, 1.807) is 29.8 Å². The summed E-state index contributed by atoms with van der Waals surface area (Å²) >= 11 is 1.65. The largest absolute Gasteiger partial charge is 0.346 e. The molecule has 3 heterocycles. The van der Waals surface area contributed by atoms with Crippen molar-refractivity contribution < 1.29 is 4.39 Å². The Labute approximate surface area is 161 Å². The summed E-state index contributed by atoms with van der Waals surface area (Å²) in [6.07, 6.45) is 5.89. The van der Waals surface area contributed by atoms with Gasteiger partial charge in [-0.1, -0.05) is 23.5 Å². The zero-order valence-electron chi connectivity index (χ0n) is 14.9. The van der Waals surface area contributed by atoms with E-state index in [2.05, 4.69) is 20.2 Å². The van der Waals surface area contributed by atoms with Crippen molar-refractivity contribution in [2.24, 2.45) is 0 Å². The summed E-state index contributed by atoms with van der Waals surface area (Å²) in [6.45, 7) is 3.75. The first-order chi connectivity index (χ1) is 13.3. The number of piperazine rings is 1. The molecule has 2 fully saturated rings. The van der Waals surface area contributed by atoms with Crippen LogP contribution in [0.15, 0.2) is 36.8 Å². The number of thiazole rings is 1. The first-order valence-corrected chi connectivity index (χ1v) is 10.1. The summed E-state index contributed by atoms with van der Waals surface area (Å²) in [7, 11) is 0. The van der Waals surface area contributed by atoms with Crippen LogP contribution in [0.2, 0.25) is 0 Å². The van der Waals surface area contributed by atoms with E-state index in [-0.39, 0.29) is 5.82 Å². The molecule has 1 aromatic carbocycles. The molecule has 0 atom stereocenters. The van der Waals surface area contributed by atoms with Crippen LogP contribution in [0.5, 0.6) is 0 Å². The molecule has 5 rings (SSSR count). The van der Waals surface area contributed by atoms with Gasteiger partial charge in [0.2, 0.25) is 0 Å². The van der Waals surface area contributed by atoms with E-state index < -0.39 is 0 Å². The first kappa shape index (κ1) is 16.8. The van der Waals surface area contributed by atoms with E-state index >= 15 is 0 Å². The highest BCUT2D eigenvalue weighted by molar-refractivity contribution is 7.19. The Morgan fingerprint density at radius 3 is 2.78 bits per heavy atom. The summed E-state index contributed by atoms with van der Waals surface area (Å²) in [5, 5.41) is 4.35. The molecular formula is C20H20FN5S. The van der Waals surface area contributed by atoms with Gasteiger partial charge < -0.3 is 10.2 Å². The Kier molecular flexibility index (Phi) is 4.33. The van der Waals surface area contributed by atoms with Crippen LogP contribution in [0.25, 0.3) is 21.8 Å². The summed E-state index contributed by atoms with van der Waals surface area (Å²) in [4.78, 5) is 17.1. The average Bonchev–Trinajstić information content (AvgIpc) is 3.47. The molecule has 0 radical (unpaired) electrons. The van der Waals surface area contributed by atoms with Crippen molar-refractivity contribution in [3.8, 4) is 21.8 Å². The van der Waals surface area contributed by atoms with E-state index in [1.165, 1.54) is 24.5 Å². The van der Waals surface area contributed by atoms with E-state index in [4.69, 9.17) is 4.98 Å². The Morgan fingerprint density at radius 2 is 2.00 bits per heavy atom. The standard InChI is InChI=1S/C20H20FN5S/c21-15-3-1-2-14(10-15)17-19(18-16(13-4-5-13)11-23-12-24-18)27-20(25-17)26-8-6-22-7-9-26/h1-3,10-13,22H,4-9H2. The first-order valence-electron chi connectivity index (χ1n) is 9.32. The minimum absolute atomic E-state index is 0.250. The molecule has 3 aromatic rings. The fraction of sp³-hybridized carbons (Fsp3) is 0.350. The third-order valence-electron chi connectivity index (χ3n) is 5.07. The summed E-state index contributed by atoms with van der Waals surface area (Å²) in [5.74, 6) is 0.284. The van der Waals surface area contributed by atoms with Crippen LogP contribution in [0, 0.1) is 5.82 Å². The van der Waals surface area contributed by atoms with Gasteiger partial charge in [0.1, 0.15) is 12.1 Å². The average molecular weight is 381 g/mol. The molecule has 1 saturated carbocycles. The summed E-state index contributed by atoms with van der Waals surface area (Å²) in [5.41, 5.74) is 3.74. The third kappa shape index (κ3) is 3.33. The molecule has 5 nitrogen and oxygen atoms in total. The zero-order valence-corrected chi connectivity index (χ0v) is 15.7. The molecule has 1 N–H and O–H groups in total. The lowest BCUT2D eigenvalue weighted by atomic mass is 10.1. The number of nitrogens with zero attached hydrogens (tertiary/aromatic N) is 4. The number of hydrogen-bond donors (Lipinski definition) is 1. The molecule has 27 heavy (non-hydrogen) atoms. The molecule has 2 aliphatic rings. The third-order valence-corrected chi connectivity index (χ3v) is 6.20. The number of nitrogens with one attached hydrogen (secondary N) is 1. The van der Waals surface area contributed by atoms with Crippen molar-refractivity contribution >= 4 is 16.5 Å². The maximum absolute atomic E-state index is 13.9. The predicted octanol–water partition coefficient (Wildman–Crippen LogP) is 3.69. The highest BCUT2D eigenvalue weighted by atomic mass is 32.1. The molecule has 1 aliphatic carbocycles. The van der Waals surface area contributed by atoms with Crippen LogP contribution < -0.4 is 10.2 Å². The van der Waals surface area contributed by atoms with Crippen molar-refractivity contribution in [1.29, 1.82) is 0 Å². The number of halogens is 1. The molecule has 1 saturated heterocycles. The number of anilines is 1. The highest BCUT2D eigenvalue weighted by Gasteiger charge is 2.30. The van der Waals surface area contributed by atoms with Crippen LogP contribution in [0.3, 0.4) is 0 Å². The lowest BCUT2D eigenvalue weighted by Gasteiger charge is -2.26. The van der Waals surface area contributed by atoms with Crippen molar-refractivity contribution in [3.63, 3.8) is 0 Å². The molecule has 138 valence electrons. The van der Waals surface area contributed by atoms with E-state index in [1.807, 2.05) is 12.3 Å². The highest BCUT2D eigenvalue weighted by Crippen LogP contribution is 2.47. The number of aromatic nitrogens is 3. The van der Waals surface area contributed by atoms with Crippen molar-refractivity contribution in [1.82, 2.24) is 20.3 Å². The van der Waals surface area contributed by atoms with Gasteiger partial charge in [0.25, 0.3) is 0 Å². The fourth-order valence-corrected chi connectivity index (χ4v) is 4.67.